The monoisotopic (exact) mass is 230 g/mol. The minimum atomic E-state index is -0.522. The number of ether oxygens (including phenoxy) is 1. The Bertz CT molecular complexity index is 290. The first kappa shape index (κ1) is 11.9. The van der Waals surface area contributed by atoms with Crippen LogP contribution in [0.2, 0.25) is 0 Å². The molecule has 1 atom stereocenters. The lowest BCUT2D eigenvalue weighted by Gasteiger charge is -2.13. The molecule has 1 unspecified atom stereocenters. The summed E-state index contributed by atoms with van der Waals surface area (Å²) >= 11 is 1.49. The molecule has 5 nitrogen and oxygen atoms in total. The Labute approximate surface area is 92.1 Å². The third-order valence-corrected chi connectivity index (χ3v) is 2.66. The number of aromatic nitrogens is 1. The molecule has 1 heterocycles. The lowest BCUT2D eigenvalue weighted by molar-refractivity contribution is 0.116. The van der Waals surface area contributed by atoms with Crippen LogP contribution in [0.1, 0.15) is 24.4 Å². The van der Waals surface area contributed by atoms with Gasteiger partial charge in [0.1, 0.15) is 11.6 Å². The summed E-state index contributed by atoms with van der Waals surface area (Å²) in [6, 6.07) is -0.115. The SMILES string of the molecule is CCC(NC(=O)OCCO)c1nccs1. The van der Waals surface area contributed by atoms with E-state index in [4.69, 9.17) is 9.84 Å². The number of amides is 1. The summed E-state index contributed by atoms with van der Waals surface area (Å²) in [6.45, 7) is 1.81. The summed E-state index contributed by atoms with van der Waals surface area (Å²) in [4.78, 5) is 15.3. The predicted molar refractivity (Wildman–Crippen MR) is 56.7 cm³/mol. The fraction of sp³-hybridized carbons (Fsp3) is 0.556. The van der Waals surface area contributed by atoms with Crippen LogP contribution in [0.4, 0.5) is 4.79 Å². The van der Waals surface area contributed by atoms with Crippen LogP contribution in [0.15, 0.2) is 11.6 Å². The van der Waals surface area contributed by atoms with Gasteiger partial charge in [-0.1, -0.05) is 6.92 Å². The zero-order valence-corrected chi connectivity index (χ0v) is 9.29. The predicted octanol–water partition coefficient (Wildman–Crippen LogP) is 1.31. The van der Waals surface area contributed by atoms with Crippen molar-refractivity contribution in [2.75, 3.05) is 13.2 Å². The average Bonchev–Trinajstić information content (AvgIpc) is 2.76. The summed E-state index contributed by atoms with van der Waals surface area (Å²) < 4.78 is 4.70. The van der Waals surface area contributed by atoms with Crippen LogP contribution in [-0.2, 0) is 4.74 Å². The lowest BCUT2D eigenvalue weighted by Crippen LogP contribution is -2.29. The fourth-order valence-corrected chi connectivity index (χ4v) is 1.84. The number of aliphatic hydroxyl groups excluding tert-OH is 1. The molecule has 6 heteroatoms. The molecule has 0 saturated heterocycles. The number of rotatable bonds is 5. The van der Waals surface area contributed by atoms with E-state index < -0.39 is 6.09 Å². The van der Waals surface area contributed by atoms with E-state index in [-0.39, 0.29) is 19.3 Å². The van der Waals surface area contributed by atoms with E-state index in [1.807, 2.05) is 12.3 Å². The van der Waals surface area contributed by atoms with Gasteiger partial charge in [-0.15, -0.1) is 11.3 Å². The standard InChI is InChI=1S/C9H14N2O3S/c1-2-7(8-10-3-6-15-8)11-9(13)14-5-4-12/h3,6-7,12H,2,4-5H2,1H3,(H,11,13). The second kappa shape index (κ2) is 6.36. The normalized spacial score (nSPS) is 12.1. The number of aliphatic hydroxyl groups is 1. The number of carbonyl (C=O) groups is 1. The molecule has 0 fully saturated rings. The van der Waals surface area contributed by atoms with Gasteiger partial charge < -0.3 is 15.2 Å². The largest absolute Gasteiger partial charge is 0.447 e. The summed E-state index contributed by atoms with van der Waals surface area (Å²) in [5, 5.41) is 13.9. The number of nitrogens with zero attached hydrogens (tertiary/aromatic N) is 1. The molecule has 0 aliphatic heterocycles. The third-order valence-electron chi connectivity index (χ3n) is 1.77. The van der Waals surface area contributed by atoms with Gasteiger partial charge in [0, 0.05) is 11.6 Å². The molecule has 0 radical (unpaired) electrons. The number of thiazole rings is 1. The minimum Gasteiger partial charge on any atom is -0.447 e. The molecule has 1 rings (SSSR count). The topological polar surface area (TPSA) is 71.5 Å². The Morgan fingerprint density at radius 3 is 3.13 bits per heavy atom. The third kappa shape index (κ3) is 3.85. The number of alkyl carbamates (subject to hydrolysis) is 1. The molecule has 1 aromatic rings. The van der Waals surface area contributed by atoms with Crippen molar-refractivity contribution in [2.24, 2.45) is 0 Å². The molecule has 84 valence electrons. The highest BCUT2D eigenvalue weighted by atomic mass is 32.1. The van der Waals surface area contributed by atoms with Crippen molar-refractivity contribution in [3.8, 4) is 0 Å². The van der Waals surface area contributed by atoms with Crippen LogP contribution in [0.3, 0.4) is 0 Å². The van der Waals surface area contributed by atoms with E-state index in [1.165, 1.54) is 11.3 Å². The molecule has 1 amide bonds. The van der Waals surface area contributed by atoms with Crippen LogP contribution in [-0.4, -0.2) is 29.4 Å². The second-order valence-corrected chi connectivity index (χ2v) is 3.76. The maximum absolute atomic E-state index is 11.2. The van der Waals surface area contributed by atoms with Crippen LogP contribution in [0.5, 0.6) is 0 Å². The van der Waals surface area contributed by atoms with E-state index in [0.29, 0.717) is 0 Å². The Morgan fingerprint density at radius 2 is 2.60 bits per heavy atom. The van der Waals surface area contributed by atoms with Crippen molar-refractivity contribution in [3.05, 3.63) is 16.6 Å². The summed E-state index contributed by atoms with van der Waals surface area (Å²) in [5.41, 5.74) is 0. The molecule has 0 aliphatic carbocycles. The van der Waals surface area contributed by atoms with Crippen molar-refractivity contribution in [1.29, 1.82) is 0 Å². The fourth-order valence-electron chi connectivity index (χ4n) is 1.07. The van der Waals surface area contributed by atoms with E-state index in [1.54, 1.807) is 6.20 Å². The number of carbonyl (C=O) groups excluding carboxylic acids is 1. The van der Waals surface area contributed by atoms with Gasteiger partial charge in [-0.3, -0.25) is 0 Å². The molecule has 0 aromatic carbocycles. The summed E-state index contributed by atoms with van der Waals surface area (Å²) in [6.07, 6.45) is 1.93. The number of hydrogen-bond acceptors (Lipinski definition) is 5. The van der Waals surface area contributed by atoms with Crippen molar-refractivity contribution in [1.82, 2.24) is 10.3 Å². The quantitative estimate of drug-likeness (QED) is 0.800. The molecule has 0 spiro atoms. The summed E-state index contributed by atoms with van der Waals surface area (Å²) in [7, 11) is 0. The Morgan fingerprint density at radius 1 is 1.80 bits per heavy atom. The van der Waals surface area contributed by atoms with Gasteiger partial charge in [0.15, 0.2) is 0 Å². The Hall–Kier alpha value is -1.14. The van der Waals surface area contributed by atoms with Gasteiger partial charge in [-0.2, -0.15) is 0 Å². The molecular formula is C9H14N2O3S. The highest BCUT2D eigenvalue weighted by Crippen LogP contribution is 2.18. The highest BCUT2D eigenvalue weighted by Gasteiger charge is 2.15. The van der Waals surface area contributed by atoms with Gasteiger partial charge >= 0.3 is 6.09 Å². The Kier molecular flexibility index (Phi) is 5.06. The first-order chi connectivity index (χ1) is 7.27. The smallest absolute Gasteiger partial charge is 0.407 e. The summed E-state index contributed by atoms with van der Waals surface area (Å²) in [5.74, 6) is 0. The molecular weight excluding hydrogens is 216 g/mol. The molecule has 15 heavy (non-hydrogen) atoms. The molecule has 0 aliphatic rings. The van der Waals surface area contributed by atoms with Crippen LogP contribution in [0.25, 0.3) is 0 Å². The Balaban J connectivity index is 2.44. The van der Waals surface area contributed by atoms with Gasteiger partial charge in [0.25, 0.3) is 0 Å². The van der Waals surface area contributed by atoms with Gasteiger partial charge in [0.05, 0.1) is 12.6 Å². The van der Waals surface area contributed by atoms with Crippen LogP contribution >= 0.6 is 11.3 Å². The maximum atomic E-state index is 11.2. The van der Waals surface area contributed by atoms with Gasteiger partial charge in [-0.25, -0.2) is 9.78 Å². The van der Waals surface area contributed by atoms with Crippen molar-refractivity contribution < 1.29 is 14.6 Å². The maximum Gasteiger partial charge on any atom is 0.407 e. The van der Waals surface area contributed by atoms with Crippen molar-refractivity contribution in [2.45, 2.75) is 19.4 Å². The van der Waals surface area contributed by atoms with E-state index in [2.05, 4.69) is 10.3 Å². The van der Waals surface area contributed by atoms with Crippen LogP contribution < -0.4 is 5.32 Å². The second-order valence-electron chi connectivity index (χ2n) is 2.84. The molecule has 2 N–H and O–H groups in total. The van der Waals surface area contributed by atoms with Gasteiger partial charge in [0.2, 0.25) is 0 Å². The van der Waals surface area contributed by atoms with Crippen LogP contribution in [0, 0.1) is 0 Å². The van der Waals surface area contributed by atoms with Gasteiger partial charge in [-0.05, 0) is 6.42 Å². The highest BCUT2D eigenvalue weighted by molar-refractivity contribution is 7.09. The molecule has 0 bridgehead atoms. The van der Waals surface area contributed by atoms with Crippen molar-refractivity contribution in [3.63, 3.8) is 0 Å². The van der Waals surface area contributed by atoms with E-state index >= 15 is 0 Å². The number of hydrogen-bond donors (Lipinski definition) is 2. The lowest BCUT2D eigenvalue weighted by atomic mass is 10.2. The zero-order chi connectivity index (χ0) is 11.1. The first-order valence-electron chi connectivity index (χ1n) is 4.71. The minimum absolute atomic E-state index is 0.0140. The van der Waals surface area contributed by atoms with Crippen molar-refractivity contribution >= 4 is 17.4 Å². The number of nitrogens with one attached hydrogen (secondary N) is 1. The molecule has 0 saturated carbocycles. The average molecular weight is 230 g/mol. The van der Waals surface area contributed by atoms with E-state index in [9.17, 15) is 4.79 Å². The zero-order valence-electron chi connectivity index (χ0n) is 8.47. The van der Waals surface area contributed by atoms with E-state index in [0.717, 1.165) is 11.4 Å². The first-order valence-corrected chi connectivity index (χ1v) is 5.59. The molecule has 1 aromatic heterocycles.